The van der Waals surface area contributed by atoms with Crippen LogP contribution < -0.4 is 0 Å². The van der Waals surface area contributed by atoms with E-state index in [4.69, 9.17) is 5.11 Å². The predicted molar refractivity (Wildman–Crippen MR) is 85.5 cm³/mol. The molecule has 0 aromatic carbocycles. The van der Waals surface area contributed by atoms with Crippen molar-refractivity contribution in [1.82, 2.24) is 19.7 Å². The minimum Gasteiger partial charge on any atom is -0.394 e. The first-order valence-corrected chi connectivity index (χ1v) is 8.03. The van der Waals surface area contributed by atoms with Crippen molar-refractivity contribution in [2.24, 2.45) is 0 Å². The minimum absolute atomic E-state index is 0.145. The van der Waals surface area contributed by atoms with Crippen molar-refractivity contribution in [2.45, 2.75) is 38.8 Å². The number of pyridine rings is 1. The molecule has 3 heterocycles. The van der Waals surface area contributed by atoms with Gasteiger partial charge in [0, 0.05) is 30.6 Å². The Labute approximate surface area is 131 Å². The number of rotatable bonds is 5. The third-order valence-corrected chi connectivity index (χ3v) is 4.56. The molecule has 2 aromatic rings. The molecule has 1 saturated heterocycles. The van der Waals surface area contributed by atoms with Gasteiger partial charge in [0.2, 0.25) is 0 Å². The first-order valence-electron chi connectivity index (χ1n) is 8.03. The van der Waals surface area contributed by atoms with Gasteiger partial charge >= 0.3 is 0 Å². The van der Waals surface area contributed by atoms with E-state index in [0.717, 1.165) is 32.5 Å². The summed E-state index contributed by atoms with van der Waals surface area (Å²) < 4.78 is 1.95. The third kappa shape index (κ3) is 3.36. The molecule has 1 aliphatic heterocycles. The summed E-state index contributed by atoms with van der Waals surface area (Å²) >= 11 is 0. The van der Waals surface area contributed by atoms with E-state index in [-0.39, 0.29) is 6.61 Å². The summed E-state index contributed by atoms with van der Waals surface area (Å²) in [7, 11) is 0. The van der Waals surface area contributed by atoms with Gasteiger partial charge in [-0.05, 0) is 50.6 Å². The third-order valence-electron chi connectivity index (χ3n) is 4.56. The molecule has 1 N–H and O–H groups in total. The second-order valence-corrected chi connectivity index (χ2v) is 6.02. The topological polar surface area (TPSA) is 54.2 Å². The van der Waals surface area contributed by atoms with Crippen LogP contribution in [-0.2, 0) is 13.1 Å². The highest BCUT2D eigenvalue weighted by atomic mass is 16.3. The number of hydrogen-bond donors (Lipinski definition) is 1. The van der Waals surface area contributed by atoms with Gasteiger partial charge in [-0.2, -0.15) is 5.10 Å². The summed E-state index contributed by atoms with van der Waals surface area (Å²) in [5.41, 5.74) is 3.72. The van der Waals surface area contributed by atoms with Gasteiger partial charge in [-0.15, -0.1) is 0 Å². The van der Waals surface area contributed by atoms with Crippen molar-refractivity contribution >= 4 is 0 Å². The summed E-state index contributed by atoms with van der Waals surface area (Å²) in [6, 6.07) is 6.22. The normalized spacial score (nSPS) is 17.0. The number of nitrogens with zero attached hydrogens (tertiary/aromatic N) is 4. The summed E-state index contributed by atoms with van der Waals surface area (Å²) in [5, 5.41) is 13.4. The predicted octanol–water partition coefficient (Wildman–Crippen LogP) is 1.96. The molecule has 118 valence electrons. The van der Waals surface area contributed by atoms with E-state index in [0.29, 0.717) is 12.5 Å². The summed E-state index contributed by atoms with van der Waals surface area (Å²) in [6.07, 6.45) is 6.00. The Morgan fingerprint density at radius 3 is 2.77 bits per heavy atom. The average molecular weight is 300 g/mol. The largest absolute Gasteiger partial charge is 0.394 e. The van der Waals surface area contributed by atoms with Gasteiger partial charge in [0.15, 0.2) is 0 Å². The fraction of sp³-hybridized carbons (Fsp3) is 0.529. The molecule has 0 amide bonds. The number of piperidine rings is 1. The van der Waals surface area contributed by atoms with Gasteiger partial charge in [-0.3, -0.25) is 14.6 Å². The summed E-state index contributed by atoms with van der Waals surface area (Å²) in [6.45, 7) is 5.98. The molecule has 0 bridgehead atoms. The van der Waals surface area contributed by atoms with Gasteiger partial charge in [0.1, 0.15) is 0 Å². The van der Waals surface area contributed by atoms with E-state index in [1.807, 2.05) is 23.1 Å². The van der Waals surface area contributed by atoms with Crippen molar-refractivity contribution in [3.05, 3.63) is 47.5 Å². The van der Waals surface area contributed by atoms with E-state index >= 15 is 0 Å². The Bertz CT molecular complexity index is 602. The number of aromatic nitrogens is 3. The molecule has 0 atom stereocenters. The zero-order chi connectivity index (χ0) is 15.4. The molecule has 0 unspecified atom stereocenters. The highest BCUT2D eigenvalue weighted by Crippen LogP contribution is 2.28. The second kappa shape index (κ2) is 7.03. The molecule has 3 rings (SSSR count). The van der Waals surface area contributed by atoms with Crippen molar-refractivity contribution in [1.29, 1.82) is 0 Å². The van der Waals surface area contributed by atoms with Crippen molar-refractivity contribution in [3.63, 3.8) is 0 Å². The van der Waals surface area contributed by atoms with Crippen molar-refractivity contribution < 1.29 is 5.11 Å². The summed E-state index contributed by atoms with van der Waals surface area (Å²) in [4.78, 5) is 6.98. The molecule has 0 spiro atoms. The SMILES string of the molecule is Cc1cccnc1CN1CCC(c2ccnn2CCO)CC1. The number of hydrogen-bond acceptors (Lipinski definition) is 4. The lowest BCUT2D eigenvalue weighted by molar-refractivity contribution is 0.196. The number of aliphatic hydroxyl groups is 1. The quantitative estimate of drug-likeness (QED) is 0.917. The highest BCUT2D eigenvalue weighted by molar-refractivity contribution is 5.17. The number of aliphatic hydroxyl groups excluding tert-OH is 1. The van der Waals surface area contributed by atoms with E-state index in [9.17, 15) is 0 Å². The van der Waals surface area contributed by atoms with Gasteiger partial charge in [0.05, 0.1) is 18.8 Å². The molecular formula is C17H24N4O. The lowest BCUT2D eigenvalue weighted by Gasteiger charge is -2.32. The average Bonchev–Trinajstić information content (AvgIpc) is 2.99. The molecule has 0 radical (unpaired) electrons. The molecule has 1 fully saturated rings. The van der Waals surface area contributed by atoms with E-state index in [2.05, 4.69) is 34.0 Å². The van der Waals surface area contributed by atoms with Gasteiger partial charge in [-0.25, -0.2) is 0 Å². The van der Waals surface area contributed by atoms with Crippen LogP contribution in [0, 0.1) is 6.92 Å². The molecule has 1 aliphatic rings. The first-order chi connectivity index (χ1) is 10.8. The van der Waals surface area contributed by atoms with Crippen LogP contribution in [0.1, 0.15) is 35.7 Å². The molecule has 5 nitrogen and oxygen atoms in total. The molecule has 5 heteroatoms. The van der Waals surface area contributed by atoms with Crippen LogP contribution in [-0.4, -0.2) is 44.5 Å². The van der Waals surface area contributed by atoms with E-state index in [1.54, 1.807) is 0 Å². The zero-order valence-corrected chi connectivity index (χ0v) is 13.1. The van der Waals surface area contributed by atoms with Crippen LogP contribution in [0.3, 0.4) is 0 Å². The van der Waals surface area contributed by atoms with Crippen LogP contribution in [0.2, 0.25) is 0 Å². The Hall–Kier alpha value is -1.72. The maximum atomic E-state index is 9.12. The van der Waals surface area contributed by atoms with Gasteiger partial charge in [0.25, 0.3) is 0 Å². The minimum atomic E-state index is 0.145. The van der Waals surface area contributed by atoms with Crippen LogP contribution in [0.5, 0.6) is 0 Å². The van der Waals surface area contributed by atoms with Gasteiger partial charge < -0.3 is 5.11 Å². The lowest BCUT2D eigenvalue weighted by atomic mass is 9.93. The summed E-state index contributed by atoms with van der Waals surface area (Å²) in [5.74, 6) is 0.551. The molecular weight excluding hydrogens is 276 g/mol. The number of aryl methyl sites for hydroxylation is 1. The van der Waals surface area contributed by atoms with Crippen LogP contribution in [0.15, 0.2) is 30.6 Å². The van der Waals surface area contributed by atoms with Crippen molar-refractivity contribution in [2.75, 3.05) is 19.7 Å². The van der Waals surface area contributed by atoms with Gasteiger partial charge in [-0.1, -0.05) is 6.07 Å². The molecule has 0 aliphatic carbocycles. The van der Waals surface area contributed by atoms with Crippen LogP contribution >= 0.6 is 0 Å². The smallest absolute Gasteiger partial charge is 0.0644 e. The van der Waals surface area contributed by atoms with E-state index in [1.165, 1.54) is 17.0 Å². The number of likely N-dealkylation sites (tertiary alicyclic amines) is 1. The Balaban J connectivity index is 1.58. The standard InChI is InChI=1S/C17H24N4O/c1-14-3-2-7-18-16(14)13-20-9-5-15(6-10-20)17-4-8-19-21(17)11-12-22/h2-4,7-8,15,22H,5-6,9-13H2,1H3. The fourth-order valence-electron chi connectivity index (χ4n) is 3.25. The van der Waals surface area contributed by atoms with Crippen molar-refractivity contribution in [3.8, 4) is 0 Å². The lowest BCUT2D eigenvalue weighted by Crippen LogP contribution is -2.33. The Morgan fingerprint density at radius 1 is 1.23 bits per heavy atom. The maximum Gasteiger partial charge on any atom is 0.0644 e. The molecule has 2 aromatic heterocycles. The Kier molecular flexibility index (Phi) is 4.85. The molecule has 22 heavy (non-hydrogen) atoms. The first kappa shape index (κ1) is 15.2. The van der Waals surface area contributed by atoms with Crippen LogP contribution in [0.25, 0.3) is 0 Å². The van der Waals surface area contributed by atoms with Crippen LogP contribution in [0.4, 0.5) is 0 Å². The zero-order valence-electron chi connectivity index (χ0n) is 13.1. The molecule has 0 saturated carbocycles. The second-order valence-electron chi connectivity index (χ2n) is 6.02. The van der Waals surface area contributed by atoms with E-state index < -0.39 is 0 Å². The Morgan fingerprint density at radius 2 is 2.05 bits per heavy atom. The highest BCUT2D eigenvalue weighted by Gasteiger charge is 2.23. The maximum absolute atomic E-state index is 9.12. The fourth-order valence-corrected chi connectivity index (χ4v) is 3.25. The monoisotopic (exact) mass is 300 g/mol.